The van der Waals surface area contributed by atoms with Crippen LogP contribution in [-0.2, 0) is 10.0 Å². The fraction of sp³-hybridized carbons (Fsp3) is 0.0952. The molecule has 154 valence electrons. The van der Waals surface area contributed by atoms with Gasteiger partial charge >= 0.3 is 0 Å². The maximum atomic E-state index is 12.6. The molecule has 0 aliphatic heterocycles. The van der Waals surface area contributed by atoms with Gasteiger partial charge in [0.15, 0.2) is 0 Å². The number of aryl methyl sites for hydroxylation is 1. The minimum absolute atomic E-state index is 0.0146. The number of nitrogens with one attached hydrogen (secondary N) is 3. The maximum absolute atomic E-state index is 12.6. The van der Waals surface area contributed by atoms with E-state index >= 15 is 0 Å². The van der Waals surface area contributed by atoms with Gasteiger partial charge in [0.1, 0.15) is 0 Å². The third-order valence-corrected chi connectivity index (χ3v) is 5.89. The van der Waals surface area contributed by atoms with Crippen LogP contribution in [0, 0.1) is 13.8 Å². The number of rotatable bonds is 5. The number of hydrogen-bond donors (Lipinski definition) is 3. The third-order valence-electron chi connectivity index (χ3n) is 4.51. The Morgan fingerprint density at radius 1 is 0.800 bits per heavy atom. The van der Waals surface area contributed by atoms with Gasteiger partial charge in [0.2, 0.25) is 0 Å². The Bertz CT molecular complexity index is 1180. The molecular weight excluding hydrogens is 404 g/mol. The standard InChI is InChI=1S/C21H20N4O4S/c1-14-4-3-5-19(15(14)2)25-30(28,29)18-8-6-16(7-9-18)20(26)23-24-21(27)17-10-12-22-13-11-17/h3-13,25H,1-2H3,(H,23,26)(H,24,27). The zero-order valence-electron chi connectivity index (χ0n) is 16.3. The van der Waals surface area contributed by atoms with Gasteiger partial charge in [-0.05, 0) is 67.4 Å². The molecule has 1 heterocycles. The van der Waals surface area contributed by atoms with Crippen LogP contribution in [0.25, 0.3) is 0 Å². The molecule has 0 aliphatic carbocycles. The lowest BCUT2D eigenvalue weighted by molar-refractivity contribution is 0.0846. The van der Waals surface area contributed by atoms with Crippen LogP contribution in [0.15, 0.2) is 71.9 Å². The number of amides is 2. The number of pyridine rings is 1. The summed E-state index contributed by atoms with van der Waals surface area (Å²) in [5.41, 5.74) is 7.40. The van der Waals surface area contributed by atoms with Crippen molar-refractivity contribution in [3.63, 3.8) is 0 Å². The van der Waals surface area contributed by atoms with Crippen LogP contribution >= 0.6 is 0 Å². The highest BCUT2D eigenvalue weighted by molar-refractivity contribution is 7.92. The summed E-state index contributed by atoms with van der Waals surface area (Å²) < 4.78 is 27.8. The summed E-state index contributed by atoms with van der Waals surface area (Å²) in [5.74, 6) is -1.08. The number of carbonyl (C=O) groups is 2. The Morgan fingerprint density at radius 3 is 1.97 bits per heavy atom. The second kappa shape index (κ2) is 8.75. The van der Waals surface area contributed by atoms with E-state index in [1.807, 2.05) is 19.9 Å². The van der Waals surface area contributed by atoms with E-state index in [0.717, 1.165) is 11.1 Å². The Morgan fingerprint density at radius 2 is 1.37 bits per heavy atom. The molecule has 0 aliphatic rings. The van der Waals surface area contributed by atoms with Gasteiger partial charge in [-0.2, -0.15) is 0 Å². The quantitative estimate of drug-likeness (QED) is 0.544. The van der Waals surface area contributed by atoms with Crippen LogP contribution in [0.2, 0.25) is 0 Å². The van der Waals surface area contributed by atoms with E-state index in [9.17, 15) is 18.0 Å². The number of hydrogen-bond acceptors (Lipinski definition) is 5. The van der Waals surface area contributed by atoms with E-state index in [2.05, 4.69) is 20.6 Å². The first kappa shape index (κ1) is 21.0. The van der Waals surface area contributed by atoms with Crippen molar-refractivity contribution >= 4 is 27.5 Å². The van der Waals surface area contributed by atoms with E-state index in [1.165, 1.54) is 48.8 Å². The van der Waals surface area contributed by atoms with Gasteiger partial charge in [0, 0.05) is 23.5 Å². The summed E-state index contributed by atoms with van der Waals surface area (Å²) in [6.07, 6.45) is 2.92. The van der Waals surface area contributed by atoms with Crippen molar-refractivity contribution in [1.29, 1.82) is 0 Å². The Hall–Kier alpha value is -3.72. The third kappa shape index (κ3) is 4.81. The monoisotopic (exact) mass is 424 g/mol. The predicted octanol–water partition coefficient (Wildman–Crippen LogP) is 2.57. The molecule has 0 radical (unpaired) electrons. The first-order valence-corrected chi connectivity index (χ1v) is 10.5. The zero-order valence-corrected chi connectivity index (χ0v) is 17.2. The molecule has 3 N–H and O–H groups in total. The number of sulfonamides is 1. The maximum Gasteiger partial charge on any atom is 0.269 e. The van der Waals surface area contributed by atoms with Crippen molar-refractivity contribution in [2.24, 2.45) is 0 Å². The smallest absolute Gasteiger partial charge is 0.269 e. The molecule has 0 saturated carbocycles. The number of benzene rings is 2. The summed E-state index contributed by atoms with van der Waals surface area (Å²) >= 11 is 0. The van der Waals surface area contributed by atoms with Gasteiger partial charge in [-0.25, -0.2) is 8.42 Å². The highest BCUT2D eigenvalue weighted by Gasteiger charge is 2.17. The molecule has 1 aromatic heterocycles. The van der Waals surface area contributed by atoms with Gasteiger partial charge in [0.05, 0.1) is 10.6 Å². The molecule has 2 amide bonds. The van der Waals surface area contributed by atoms with Crippen LogP contribution in [0.1, 0.15) is 31.8 Å². The first-order chi connectivity index (χ1) is 14.3. The second-order valence-corrected chi connectivity index (χ2v) is 8.20. The summed E-state index contributed by atoms with van der Waals surface area (Å²) in [4.78, 5) is 28.0. The summed E-state index contributed by atoms with van der Waals surface area (Å²) in [6, 6.07) is 13.8. The van der Waals surface area contributed by atoms with Crippen molar-refractivity contribution in [1.82, 2.24) is 15.8 Å². The Balaban J connectivity index is 1.67. The average molecular weight is 424 g/mol. The fourth-order valence-electron chi connectivity index (χ4n) is 2.61. The molecule has 2 aromatic carbocycles. The minimum atomic E-state index is -3.81. The van der Waals surface area contributed by atoms with Crippen molar-refractivity contribution in [2.45, 2.75) is 18.7 Å². The number of hydrazine groups is 1. The number of aromatic nitrogens is 1. The SMILES string of the molecule is Cc1cccc(NS(=O)(=O)c2ccc(C(=O)NNC(=O)c3ccncc3)cc2)c1C. The molecule has 8 nitrogen and oxygen atoms in total. The molecule has 3 aromatic rings. The van der Waals surface area contributed by atoms with Crippen LogP contribution < -0.4 is 15.6 Å². The van der Waals surface area contributed by atoms with Crippen molar-refractivity contribution in [3.8, 4) is 0 Å². The molecule has 0 spiro atoms. The molecule has 9 heteroatoms. The van der Waals surface area contributed by atoms with E-state index < -0.39 is 21.8 Å². The van der Waals surface area contributed by atoms with E-state index in [4.69, 9.17) is 0 Å². The number of carbonyl (C=O) groups excluding carboxylic acids is 2. The van der Waals surface area contributed by atoms with Gasteiger partial charge in [-0.1, -0.05) is 12.1 Å². The highest BCUT2D eigenvalue weighted by atomic mass is 32.2. The number of nitrogens with zero attached hydrogens (tertiary/aromatic N) is 1. The molecule has 0 unspecified atom stereocenters. The molecule has 0 bridgehead atoms. The lowest BCUT2D eigenvalue weighted by Gasteiger charge is -2.12. The van der Waals surface area contributed by atoms with E-state index in [0.29, 0.717) is 11.3 Å². The van der Waals surface area contributed by atoms with E-state index in [1.54, 1.807) is 12.1 Å². The lowest BCUT2D eigenvalue weighted by Crippen LogP contribution is -2.41. The highest BCUT2D eigenvalue weighted by Crippen LogP contribution is 2.22. The van der Waals surface area contributed by atoms with Gasteiger partial charge < -0.3 is 0 Å². The zero-order chi connectivity index (χ0) is 21.7. The van der Waals surface area contributed by atoms with Crippen LogP contribution in [0.5, 0.6) is 0 Å². The van der Waals surface area contributed by atoms with Crippen molar-refractivity contribution in [3.05, 3.63) is 89.2 Å². The molecular formula is C21H20N4O4S. The molecule has 3 rings (SSSR count). The Labute approximate surface area is 174 Å². The summed E-state index contributed by atoms with van der Waals surface area (Å²) in [7, 11) is -3.81. The van der Waals surface area contributed by atoms with Crippen molar-refractivity contribution < 1.29 is 18.0 Å². The molecule has 0 atom stereocenters. The first-order valence-electron chi connectivity index (χ1n) is 8.98. The Kier molecular flexibility index (Phi) is 6.12. The average Bonchev–Trinajstić information content (AvgIpc) is 2.75. The summed E-state index contributed by atoms with van der Waals surface area (Å²) in [6.45, 7) is 3.73. The largest absolute Gasteiger partial charge is 0.279 e. The van der Waals surface area contributed by atoms with Gasteiger partial charge in [0.25, 0.3) is 21.8 Å². The summed E-state index contributed by atoms with van der Waals surface area (Å²) in [5, 5.41) is 0. The number of anilines is 1. The van der Waals surface area contributed by atoms with Crippen LogP contribution in [0.4, 0.5) is 5.69 Å². The van der Waals surface area contributed by atoms with Gasteiger partial charge in [-0.3, -0.25) is 30.1 Å². The minimum Gasteiger partial charge on any atom is -0.279 e. The molecule has 0 fully saturated rings. The van der Waals surface area contributed by atoms with Crippen LogP contribution in [-0.4, -0.2) is 25.2 Å². The van der Waals surface area contributed by atoms with Gasteiger partial charge in [-0.15, -0.1) is 0 Å². The topological polar surface area (TPSA) is 117 Å². The van der Waals surface area contributed by atoms with Crippen LogP contribution in [0.3, 0.4) is 0 Å². The normalized spacial score (nSPS) is 10.9. The van der Waals surface area contributed by atoms with Crippen molar-refractivity contribution in [2.75, 3.05) is 4.72 Å². The molecule has 0 saturated heterocycles. The fourth-order valence-corrected chi connectivity index (χ4v) is 3.73. The molecule has 30 heavy (non-hydrogen) atoms. The predicted molar refractivity (Wildman–Crippen MR) is 112 cm³/mol. The lowest BCUT2D eigenvalue weighted by atomic mass is 10.1. The second-order valence-electron chi connectivity index (χ2n) is 6.52. The van der Waals surface area contributed by atoms with E-state index in [-0.39, 0.29) is 10.5 Å².